The lowest BCUT2D eigenvalue weighted by Gasteiger charge is -2.49. The Bertz CT molecular complexity index is 878. The molecule has 0 saturated carbocycles. The van der Waals surface area contributed by atoms with E-state index in [1.54, 1.807) is 6.07 Å². The van der Waals surface area contributed by atoms with Crippen molar-refractivity contribution in [1.29, 1.82) is 0 Å². The third-order valence-electron chi connectivity index (χ3n) is 6.27. The zero-order valence-corrected chi connectivity index (χ0v) is 17.5. The molecule has 0 bridgehead atoms. The summed E-state index contributed by atoms with van der Waals surface area (Å²) in [7, 11) is 0. The smallest absolute Gasteiger partial charge is 0.254 e. The molecule has 0 N–H and O–H groups in total. The minimum atomic E-state index is -0.263. The van der Waals surface area contributed by atoms with Gasteiger partial charge in [0, 0.05) is 31.7 Å². The van der Waals surface area contributed by atoms with Gasteiger partial charge in [0.15, 0.2) is 0 Å². The molecule has 2 aliphatic heterocycles. The number of ether oxygens (including phenoxy) is 1. The first-order valence-corrected chi connectivity index (χ1v) is 10.7. The van der Waals surface area contributed by atoms with Gasteiger partial charge in [-0.3, -0.25) is 4.79 Å². The van der Waals surface area contributed by atoms with E-state index in [4.69, 9.17) is 4.74 Å². The van der Waals surface area contributed by atoms with Gasteiger partial charge in [-0.1, -0.05) is 36.4 Å². The Hall–Kier alpha value is -2.57. The first-order chi connectivity index (χ1) is 14.6. The van der Waals surface area contributed by atoms with Crippen LogP contribution in [-0.4, -0.2) is 60.1 Å². The van der Waals surface area contributed by atoms with Crippen LogP contribution in [0.3, 0.4) is 0 Å². The molecule has 0 aromatic heterocycles. The summed E-state index contributed by atoms with van der Waals surface area (Å²) in [5.74, 6) is 0.0884. The van der Waals surface area contributed by atoms with Gasteiger partial charge in [0.05, 0.1) is 18.2 Å². The maximum absolute atomic E-state index is 13.0. The fraction of sp³-hybridized carbons (Fsp3) is 0.458. The van der Waals surface area contributed by atoms with E-state index in [1.165, 1.54) is 0 Å². The van der Waals surface area contributed by atoms with Crippen molar-refractivity contribution < 1.29 is 9.53 Å². The SMILES string of the molecule is CC1CN(C(=O)c2ccccc2)CC2(CCN(CCc3ccccc3N=O)CC2)O1. The molecule has 6 heteroatoms. The van der Waals surface area contributed by atoms with E-state index in [9.17, 15) is 9.70 Å². The highest BCUT2D eigenvalue weighted by Gasteiger charge is 2.43. The molecule has 1 spiro atoms. The number of nitrogens with zero attached hydrogens (tertiary/aromatic N) is 3. The molecule has 4 rings (SSSR count). The molecular weight excluding hydrogens is 378 g/mol. The van der Waals surface area contributed by atoms with Crippen LogP contribution in [0.4, 0.5) is 5.69 Å². The van der Waals surface area contributed by atoms with Crippen LogP contribution in [0.2, 0.25) is 0 Å². The molecule has 2 aliphatic rings. The Morgan fingerprint density at radius 3 is 2.53 bits per heavy atom. The van der Waals surface area contributed by atoms with Crippen LogP contribution < -0.4 is 0 Å². The lowest BCUT2D eigenvalue weighted by Crippen LogP contribution is -2.60. The van der Waals surface area contributed by atoms with Crippen LogP contribution in [-0.2, 0) is 11.2 Å². The number of hydrogen-bond donors (Lipinski definition) is 0. The summed E-state index contributed by atoms with van der Waals surface area (Å²) >= 11 is 0. The topological polar surface area (TPSA) is 62.2 Å². The van der Waals surface area contributed by atoms with Crippen molar-refractivity contribution in [3.63, 3.8) is 0 Å². The zero-order valence-electron chi connectivity index (χ0n) is 17.5. The fourth-order valence-corrected chi connectivity index (χ4v) is 4.69. The van der Waals surface area contributed by atoms with Crippen molar-refractivity contribution in [1.82, 2.24) is 9.80 Å². The van der Waals surface area contributed by atoms with E-state index in [0.29, 0.717) is 18.8 Å². The third-order valence-corrected chi connectivity index (χ3v) is 6.27. The molecule has 1 unspecified atom stereocenters. The number of nitroso groups, excluding NO2 is 1. The monoisotopic (exact) mass is 407 g/mol. The number of carbonyl (C=O) groups excluding carboxylic acids is 1. The number of piperidine rings is 1. The normalized spacial score (nSPS) is 21.5. The zero-order chi connectivity index (χ0) is 21.0. The lowest BCUT2D eigenvalue weighted by atomic mass is 9.88. The number of hydrogen-bond acceptors (Lipinski definition) is 5. The average molecular weight is 408 g/mol. The van der Waals surface area contributed by atoms with Crippen LogP contribution in [0.25, 0.3) is 0 Å². The average Bonchev–Trinajstić information content (AvgIpc) is 2.78. The highest BCUT2D eigenvalue weighted by molar-refractivity contribution is 5.94. The number of rotatable bonds is 5. The molecule has 0 aliphatic carbocycles. The molecule has 2 aromatic rings. The highest BCUT2D eigenvalue weighted by atomic mass is 16.5. The summed E-state index contributed by atoms with van der Waals surface area (Å²) in [6, 6.07) is 17.0. The van der Waals surface area contributed by atoms with Crippen molar-refractivity contribution in [2.75, 3.05) is 32.7 Å². The van der Waals surface area contributed by atoms with E-state index in [0.717, 1.165) is 50.0 Å². The van der Waals surface area contributed by atoms with Crippen molar-refractivity contribution in [3.8, 4) is 0 Å². The predicted molar refractivity (Wildman–Crippen MR) is 117 cm³/mol. The van der Waals surface area contributed by atoms with Crippen molar-refractivity contribution in [2.24, 2.45) is 5.18 Å². The molecule has 2 fully saturated rings. The summed E-state index contributed by atoms with van der Waals surface area (Å²) in [4.78, 5) is 28.3. The molecule has 1 atom stereocenters. The molecule has 6 nitrogen and oxygen atoms in total. The van der Waals surface area contributed by atoms with E-state index >= 15 is 0 Å². The van der Waals surface area contributed by atoms with Crippen LogP contribution in [0, 0.1) is 4.91 Å². The first kappa shape index (κ1) is 20.7. The van der Waals surface area contributed by atoms with Crippen LogP contribution >= 0.6 is 0 Å². The van der Waals surface area contributed by atoms with Crippen LogP contribution in [0.5, 0.6) is 0 Å². The second-order valence-corrected chi connectivity index (χ2v) is 8.47. The first-order valence-electron chi connectivity index (χ1n) is 10.7. The van der Waals surface area contributed by atoms with Gasteiger partial charge in [0.1, 0.15) is 5.69 Å². The van der Waals surface area contributed by atoms with Gasteiger partial charge >= 0.3 is 0 Å². The molecule has 30 heavy (non-hydrogen) atoms. The minimum Gasteiger partial charge on any atom is -0.368 e. The maximum Gasteiger partial charge on any atom is 0.254 e. The van der Waals surface area contributed by atoms with Gasteiger partial charge in [0.2, 0.25) is 0 Å². The number of carbonyl (C=O) groups is 1. The summed E-state index contributed by atoms with van der Waals surface area (Å²) in [5, 5.41) is 3.13. The fourth-order valence-electron chi connectivity index (χ4n) is 4.69. The van der Waals surface area contributed by atoms with Crippen molar-refractivity contribution >= 4 is 11.6 Å². The van der Waals surface area contributed by atoms with Gasteiger partial charge in [-0.15, -0.1) is 4.91 Å². The van der Waals surface area contributed by atoms with E-state index in [1.807, 2.05) is 53.4 Å². The molecule has 2 saturated heterocycles. The Labute approximate surface area is 177 Å². The molecular formula is C24H29N3O3. The molecule has 2 heterocycles. The van der Waals surface area contributed by atoms with E-state index < -0.39 is 0 Å². The Balaban J connectivity index is 1.35. The Kier molecular flexibility index (Phi) is 6.25. The van der Waals surface area contributed by atoms with Gasteiger partial charge < -0.3 is 14.5 Å². The number of likely N-dealkylation sites (tertiary alicyclic amines) is 1. The van der Waals surface area contributed by atoms with Gasteiger partial charge in [-0.25, -0.2) is 0 Å². The Morgan fingerprint density at radius 1 is 1.10 bits per heavy atom. The second kappa shape index (κ2) is 9.06. The number of amides is 1. The van der Waals surface area contributed by atoms with Crippen molar-refractivity contribution in [3.05, 3.63) is 70.6 Å². The van der Waals surface area contributed by atoms with E-state index in [2.05, 4.69) is 17.0 Å². The highest BCUT2D eigenvalue weighted by Crippen LogP contribution is 2.33. The van der Waals surface area contributed by atoms with E-state index in [-0.39, 0.29) is 17.6 Å². The number of morpholine rings is 1. The lowest BCUT2D eigenvalue weighted by molar-refractivity contribution is -0.161. The standard InChI is InChI=1S/C24H29N3O3/c1-19-17-27(23(28)21-8-3-2-4-9-21)18-24(30-19)12-15-26(16-13-24)14-11-20-7-5-6-10-22(20)25-29/h2-10,19H,11-18H2,1H3. The third kappa shape index (κ3) is 4.60. The maximum atomic E-state index is 13.0. The van der Waals surface area contributed by atoms with Gasteiger partial charge in [-0.2, -0.15) is 0 Å². The summed E-state index contributed by atoms with van der Waals surface area (Å²) in [5.41, 5.74) is 2.00. The molecule has 158 valence electrons. The molecule has 0 radical (unpaired) electrons. The van der Waals surface area contributed by atoms with Crippen molar-refractivity contribution in [2.45, 2.75) is 37.9 Å². The molecule has 1 amide bonds. The summed E-state index contributed by atoms with van der Waals surface area (Å²) in [6.07, 6.45) is 2.65. The van der Waals surface area contributed by atoms with Crippen LogP contribution in [0.1, 0.15) is 35.7 Å². The predicted octanol–water partition coefficient (Wildman–Crippen LogP) is 4.02. The van der Waals surface area contributed by atoms with Gasteiger partial charge in [0.25, 0.3) is 5.91 Å². The summed E-state index contributed by atoms with van der Waals surface area (Å²) in [6.45, 7) is 6.09. The van der Waals surface area contributed by atoms with Crippen LogP contribution in [0.15, 0.2) is 59.8 Å². The number of benzene rings is 2. The largest absolute Gasteiger partial charge is 0.368 e. The summed E-state index contributed by atoms with van der Waals surface area (Å²) < 4.78 is 6.40. The van der Waals surface area contributed by atoms with Gasteiger partial charge in [-0.05, 0) is 55.1 Å². The quantitative estimate of drug-likeness (QED) is 0.703. The minimum absolute atomic E-state index is 0.0310. The Morgan fingerprint density at radius 2 is 1.80 bits per heavy atom. The second-order valence-electron chi connectivity index (χ2n) is 8.47. The molecule has 2 aromatic carbocycles.